The van der Waals surface area contributed by atoms with Crippen molar-refractivity contribution in [3.8, 4) is 0 Å². The van der Waals surface area contributed by atoms with Crippen molar-refractivity contribution in [3.05, 3.63) is 35.7 Å². The van der Waals surface area contributed by atoms with Crippen molar-refractivity contribution in [2.45, 2.75) is 40.2 Å². The van der Waals surface area contributed by atoms with E-state index in [-0.39, 0.29) is 0 Å². The van der Waals surface area contributed by atoms with Crippen molar-refractivity contribution in [1.82, 2.24) is 9.36 Å². The van der Waals surface area contributed by atoms with Crippen molar-refractivity contribution in [2.24, 2.45) is 5.92 Å². The standard InChI is InChI=1S/C16H24N4S/c1-4-9-17-14-7-5-13(6-8-14)11-18-16-19-15(20-21-16)10-12(2)3/h5-8,12,17H,4,9-11H2,1-3H3,(H,18,19,20). The number of rotatable bonds is 8. The van der Waals surface area contributed by atoms with Crippen molar-refractivity contribution in [3.63, 3.8) is 0 Å². The van der Waals surface area contributed by atoms with Crippen LogP contribution in [-0.4, -0.2) is 15.9 Å². The normalized spacial score (nSPS) is 10.9. The van der Waals surface area contributed by atoms with Gasteiger partial charge in [0.15, 0.2) is 0 Å². The van der Waals surface area contributed by atoms with Crippen LogP contribution in [0.5, 0.6) is 0 Å². The van der Waals surface area contributed by atoms with Crippen molar-refractivity contribution in [1.29, 1.82) is 0 Å². The molecule has 0 spiro atoms. The molecule has 0 amide bonds. The summed E-state index contributed by atoms with van der Waals surface area (Å²) in [5.74, 6) is 1.53. The van der Waals surface area contributed by atoms with Gasteiger partial charge in [-0.3, -0.25) is 0 Å². The predicted octanol–water partition coefficient (Wildman–Crippen LogP) is 4.17. The molecule has 2 rings (SSSR count). The summed E-state index contributed by atoms with van der Waals surface area (Å²) in [6.07, 6.45) is 2.08. The maximum atomic E-state index is 4.51. The maximum absolute atomic E-state index is 4.51. The lowest BCUT2D eigenvalue weighted by atomic mass is 10.1. The van der Waals surface area contributed by atoms with Crippen LogP contribution in [-0.2, 0) is 13.0 Å². The van der Waals surface area contributed by atoms with Gasteiger partial charge in [-0.1, -0.05) is 32.9 Å². The Kier molecular flexibility index (Phi) is 5.99. The van der Waals surface area contributed by atoms with Gasteiger partial charge in [0.05, 0.1) is 0 Å². The van der Waals surface area contributed by atoms with Gasteiger partial charge in [-0.15, -0.1) is 0 Å². The molecule has 21 heavy (non-hydrogen) atoms. The van der Waals surface area contributed by atoms with E-state index in [1.54, 1.807) is 0 Å². The number of benzene rings is 1. The number of nitrogens with one attached hydrogen (secondary N) is 2. The highest BCUT2D eigenvalue weighted by Crippen LogP contribution is 2.16. The van der Waals surface area contributed by atoms with Gasteiger partial charge in [0.2, 0.25) is 5.13 Å². The molecule has 4 nitrogen and oxygen atoms in total. The SMILES string of the molecule is CCCNc1ccc(CNc2nc(CC(C)C)ns2)cc1. The Bertz CT molecular complexity index is 533. The second kappa shape index (κ2) is 7.98. The van der Waals surface area contributed by atoms with E-state index < -0.39 is 0 Å². The van der Waals surface area contributed by atoms with Gasteiger partial charge in [0, 0.05) is 36.7 Å². The molecule has 0 saturated carbocycles. The average molecular weight is 304 g/mol. The molecule has 1 aromatic heterocycles. The number of aromatic nitrogens is 2. The third-order valence-electron chi connectivity index (χ3n) is 3.04. The van der Waals surface area contributed by atoms with Gasteiger partial charge >= 0.3 is 0 Å². The Balaban J connectivity index is 1.83. The van der Waals surface area contributed by atoms with Crippen LogP contribution in [0, 0.1) is 5.92 Å². The summed E-state index contributed by atoms with van der Waals surface area (Å²) in [7, 11) is 0. The molecule has 0 bridgehead atoms. The van der Waals surface area contributed by atoms with Crippen LogP contribution >= 0.6 is 11.5 Å². The molecular weight excluding hydrogens is 280 g/mol. The highest BCUT2D eigenvalue weighted by molar-refractivity contribution is 7.09. The molecule has 0 aliphatic carbocycles. The van der Waals surface area contributed by atoms with Crippen LogP contribution in [0.25, 0.3) is 0 Å². The Morgan fingerprint density at radius 3 is 2.57 bits per heavy atom. The molecular formula is C16H24N4S. The van der Waals surface area contributed by atoms with E-state index in [4.69, 9.17) is 0 Å². The smallest absolute Gasteiger partial charge is 0.202 e. The minimum Gasteiger partial charge on any atom is -0.385 e. The fourth-order valence-electron chi connectivity index (χ4n) is 1.96. The first-order chi connectivity index (χ1) is 10.2. The zero-order valence-corrected chi connectivity index (χ0v) is 13.8. The highest BCUT2D eigenvalue weighted by atomic mass is 32.1. The molecule has 0 saturated heterocycles. The summed E-state index contributed by atoms with van der Waals surface area (Å²) in [5.41, 5.74) is 2.42. The lowest BCUT2D eigenvalue weighted by Crippen LogP contribution is -2.02. The Hall–Kier alpha value is -1.62. The Labute approximate surface area is 131 Å². The molecule has 1 aromatic carbocycles. The van der Waals surface area contributed by atoms with Crippen LogP contribution in [0.2, 0.25) is 0 Å². The zero-order chi connectivity index (χ0) is 15.1. The topological polar surface area (TPSA) is 49.8 Å². The largest absolute Gasteiger partial charge is 0.385 e. The fraction of sp³-hybridized carbons (Fsp3) is 0.500. The lowest BCUT2D eigenvalue weighted by Gasteiger charge is -2.06. The van der Waals surface area contributed by atoms with Crippen LogP contribution in [0.1, 0.15) is 38.6 Å². The van der Waals surface area contributed by atoms with Crippen LogP contribution in [0.4, 0.5) is 10.8 Å². The highest BCUT2D eigenvalue weighted by Gasteiger charge is 2.05. The van der Waals surface area contributed by atoms with Crippen LogP contribution in [0.3, 0.4) is 0 Å². The maximum Gasteiger partial charge on any atom is 0.202 e. The van der Waals surface area contributed by atoms with Gasteiger partial charge in [-0.2, -0.15) is 4.37 Å². The van der Waals surface area contributed by atoms with Crippen LogP contribution in [0.15, 0.2) is 24.3 Å². The van der Waals surface area contributed by atoms with E-state index in [0.29, 0.717) is 5.92 Å². The van der Waals surface area contributed by atoms with Gasteiger partial charge in [0.1, 0.15) is 5.82 Å². The molecule has 2 N–H and O–H groups in total. The minimum atomic E-state index is 0.593. The van der Waals surface area contributed by atoms with E-state index in [2.05, 4.69) is 65.0 Å². The quantitative estimate of drug-likeness (QED) is 0.768. The monoisotopic (exact) mass is 304 g/mol. The molecule has 0 aliphatic heterocycles. The molecule has 0 aliphatic rings. The second-order valence-electron chi connectivity index (χ2n) is 5.59. The predicted molar refractivity (Wildman–Crippen MR) is 91.0 cm³/mol. The van der Waals surface area contributed by atoms with Gasteiger partial charge < -0.3 is 10.6 Å². The lowest BCUT2D eigenvalue weighted by molar-refractivity contribution is 0.627. The zero-order valence-electron chi connectivity index (χ0n) is 13.0. The first-order valence-electron chi connectivity index (χ1n) is 7.56. The van der Waals surface area contributed by atoms with Crippen molar-refractivity contribution < 1.29 is 0 Å². The fourth-order valence-corrected chi connectivity index (χ4v) is 2.55. The third kappa shape index (κ3) is 5.34. The number of hydrogen-bond acceptors (Lipinski definition) is 5. The van der Waals surface area contributed by atoms with E-state index in [1.165, 1.54) is 22.8 Å². The van der Waals surface area contributed by atoms with E-state index in [0.717, 1.165) is 36.9 Å². The number of hydrogen-bond donors (Lipinski definition) is 2. The van der Waals surface area contributed by atoms with Gasteiger partial charge in [-0.25, -0.2) is 4.98 Å². The minimum absolute atomic E-state index is 0.593. The van der Waals surface area contributed by atoms with Crippen molar-refractivity contribution in [2.75, 3.05) is 17.2 Å². The molecule has 114 valence electrons. The molecule has 0 radical (unpaired) electrons. The first-order valence-corrected chi connectivity index (χ1v) is 8.34. The average Bonchev–Trinajstić information content (AvgIpc) is 2.91. The molecule has 1 heterocycles. The van der Waals surface area contributed by atoms with E-state index >= 15 is 0 Å². The molecule has 5 heteroatoms. The number of anilines is 2. The summed E-state index contributed by atoms with van der Waals surface area (Å²) in [4.78, 5) is 4.51. The second-order valence-corrected chi connectivity index (χ2v) is 6.34. The number of nitrogens with zero attached hydrogens (tertiary/aromatic N) is 2. The van der Waals surface area contributed by atoms with Crippen LogP contribution < -0.4 is 10.6 Å². The summed E-state index contributed by atoms with van der Waals surface area (Å²) >= 11 is 1.44. The summed E-state index contributed by atoms with van der Waals surface area (Å²) in [6, 6.07) is 8.52. The van der Waals surface area contributed by atoms with Crippen molar-refractivity contribution >= 4 is 22.4 Å². The van der Waals surface area contributed by atoms with E-state index in [1.807, 2.05) is 0 Å². The van der Waals surface area contributed by atoms with Gasteiger partial charge in [0.25, 0.3) is 0 Å². The molecule has 0 atom stereocenters. The Morgan fingerprint density at radius 2 is 1.90 bits per heavy atom. The summed E-state index contributed by atoms with van der Waals surface area (Å²) < 4.78 is 4.37. The molecule has 0 fully saturated rings. The summed E-state index contributed by atoms with van der Waals surface area (Å²) in [6.45, 7) is 8.33. The first kappa shape index (κ1) is 15.8. The van der Waals surface area contributed by atoms with Gasteiger partial charge in [-0.05, 0) is 30.0 Å². The van der Waals surface area contributed by atoms with E-state index in [9.17, 15) is 0 Å². The molecule has 2 aromatic rings. The molecule has 0 unspecified atom stereocenters. The summed E-state index contributed by atoms with van der Waals surface area (Å²) in [5, 5.41) is 7.62. The third-order valence-corrected chi connectivity index (χ3v) is 3.75. The Morgan fingerprint density at radius 1 is 1.14 bits per heavy atom.